The summed E-state index contributed by atoms with van der Waals surface area (Å²) in [6, 6.07) is 21.5. The maximum absolute atomic E-state index is 14.4. The molecule has 0 aliphatic carbocycles. The van der Waals surface area contributed by atoms with Crippen molar-refractivity contribution < 1.29 is 14.0 Å². The zero-order valence-electron chi connectivity index (χ0n) is 19.5. The third-order valence-electron chi connectivity index (χ3n) is 6.35. The number of anilines is 1. The molecule has 0 radical (unpaired) electrons. The molecule has 0 unspecified atom stereocenters. The van der Waals surface area contributed by atoms with Gasteiger partial charge < -0.3 is 14.8 Å². The minimum atomic E-state index is -0.306. The number of para-hydroxylation sites is 1. The third kappa shape index (κ3) is 4.82. The number of carbonyl (C=O) groups excluding carboxylic acids is 2. The summed E-state index contributed by atoms with van der Waals surface area (Å²) in [4.78, 5) is 28.1. The predicted octanol–water partition coefficient (Wildman–Crippen LogP) is 5.58. The van der Waals surface area contributed by atoms with E-state index in [0.717, 1.165) is 41.1 Å². The molecule has 1 aliphatic rings. The van der Waals surface area contributed by atoms with Gasteiger partial charge in [0.05, 0.1) is 6.54 Å². The van der Waals surface area contributed by atoms with E-state index in [9.17, 15) is 14.0 Å². The van der Waals surface area contributed by atoms with Crippen LogP contribution in [-0.4, -0.2) is 45.9 Å². The van der Waals surface area contributed by atoms with Crippen LogP contribution in [0.1, 0.15) is 32.0 Å². The highest BCUT2D eigenvalue weighted by Crippen LogP contribution is 2.25. The molecule has 5 nitrogen and oxygen atoms in total. The van der Waals surface area contributed by atoms with Gasteiger partial charge in [-0.15, -0.1) is 0 Å². The molecule has 0 atom stereocenters. The Balaban J connectivity index is 1.42. The Kier molecular flexibility index (Phi) is 6.59. The Bertz CT molecular complexity index is 1410. The van der Waals surface area contributed by atoms with Crippen LogP contribution in [0.5, 0.6) is 0 Å². The van der Waals surface area contributed by atoms with Gasteiger partial charge in [0.15, 0.2) is 0 Å². The van der Waals surface area contributed by atoms with Crippen molar-refractivity contribution in [1.29, 1.82) is 0 Å². The lowest BCUT2D eigenvalue weighted by Crippen LogP contribution is -2.37. The average molecular weight is 488 g/mol. The van der Waals surface area contributed by atoms with E-state index in [1.165, 1.54) is 6.07 Å². The van der Waals surface area contributed by atoms with Gasteiger partial charge in [-0.3, -0.25) is 9.59 Å². The number of carbonyl (C=O) groups is 2. The second-order valence-electron chi connectivity index (χ2n) is 8.65. The number of hydrogen-bond acceptors (Lipinski definition) is 3. The molecule has 1 aliphatic heterocycles. The van der Waals surface area contributed by atoms with Crippen molar-refractivity contribution >= 4 is 40.2 Å². The van der Waals surface area contributed by atoms with E-state index in [1.54, 1.807) is 30.3 Å². The molecule has 2 amide bonds. The van der Waals surface area contributed by atoms with Gasteiger partial charge in [-0.1, -0.05) is 36.4 Å². The molecule has 7 heteroatoms. The third-order valence-corrected chi connectivity index (χ3v) is 7.29. The van der Waals surface area contributed by atoms with Gasteiger partial charge in [0.1, 0.15) is 11.5 Å². The van der Waals surface area contributed by atoms with Crippen LogP contribution in [-0.2, 0) is 6.54 Å². The van der Waals surface area contributed by atoms with Crippen molar-refractivity contribution in [3.63, 3.8) is 0 Å². The summed E-state index contributed by atoms with van der Waals surface area (Å²) in [6.45, 7) is 3.64. The van der Waals surface area contributed by atoms with Gasteiger partial charge in [-0.25, -0.2) is 4.39 Å². The highest BCUT2D eigenvalue weighted by Gasteiger charge is 2.21. The Labute approximate surface area is 207 Å². The second-order valence-corrected chi connectivity index (χ2v) is 9.88. The summed E-state index contributed by atoms with van der Waals surface area (Å²) >= 11 is 1.86. The van der Waals surface area contributed by atoms with Crippen molar-refractivity contribution in [2.75, 3.05) is 29.9 Å². The molecular formula is C28H26FN3O2S. The number of hydrogen-bond donors (Lipinski definition) is 1. The lowest BCUT2D eigenvalue weighted by atomic mass is 10.1. The van der Waals surface area contributed by atoms with E-state index in [2.05, 4.69) is 5.32 Å². The van der Waals surface area contributed by atoms with E-state index in [1.807, 2.05) is 64.6 Å². The Morgan fingerprint density at radius 3 is 2.49 bits per heavy atom. The summed E-state index contributed by atoms with van der Waals surface area (Å²) in [7, 11) is 0. The number of halogens is 1. The van der Waals surface area contributed by atoms with Crippen LogP contribution >= 0.6 is 11.8 Å². The van der Waals surface area contributed by atoms with Crippen molar-refractivity contribution in [3.05, 3.63) is 101 Å². The maximum Gasteiger partial charge on any atom is 0.272 e. The number of benzene rings is 3. The quantitative estimate of drug-likeness (QED) is 0.400. The zero-order valence-corrected chi connectivity index (χ0v) is 20.3. The van der Waals surface area contributed by atoms with Crippen LogP contribution in [0, 0.1) is 12.7 Å². The zero-order chi connectivity index (χ0) is 24.4. The van der Waals surface area contributed by atoms with Crippen molar-refractivity contribution in [3.8, 4) is 0 Å². The number of aryl methyl sites for hydroxylation is 1. The number of thioether (sulfide) groups is 1. The number of nitrogens with one attached hydrogen (secondary N) is 1. The van der Waals surface area contributed by atoms with Crippen LogP contribution in [0.3, 0.4) is 0 Å². The molecule has 1 aromatic heterocycles. The monoisotopic (exact) mass is 487 g/mol. The summed E-state index contributed by atoms with van der Waals surface area (Å²) in [6.07, 6.45) is 0. The molecular weight excluding hydrogens is 461 g/mol. The van der Waals surface area contributed by atoms with E-state index >= 15 is 0 Å². The van der Waals surface area contributed by atoms with Gasteiger partial charge >= 0.3 is 0 Å². The number of fused-ring (bicyclic) bond motifs is 1. The van der Waals surface area contributed by atoms with Gasteiger partial charge in [-0.2, -0.15) is 11.8 Å². The molecule has 4 aromatic rings. The van der Waals surface area contributed by atoms with Crippen LogP contribution in [0.15, 0.2) is 72.8 Å². The van der Waals surface area contributed by atoms with E-state index in [4.69, 9.17) is 0 Å². The molecule has 1 fully saturated rings. The van der Waals surface area contributed by atoms with Crippen LogP contribution in [0.2, 0.25) is 0 Å². The number of amides is 2. The molecule has 1 saturated heterocycles. The molecule has 0 spiro atoms. The first-order valence-corrected chi connectivity index (χ1v) is 12.8. The fourth-order valence-corrected chi connectivity index (χ4v) is 5.34. The first kappa shape index (κ1) is 23.2. The summed E-state index contributed by atoms with van der Waals surface area (Å²) in [5, 5.41) is 3.90. The molecule has 178 valence electrons. The van der Waals surface area contributed by atoms with Crippen molar-refractivity contribution in [1.82, 2.24) is 9.47 Å². The summed E-state index contributed by atoms with van der Waals surface area (Å²) < 4.78 is 16.2. The van der Waals surface area contributed by atoms with Gasteiger partial charge in [0, 0.05) is 52.3 Å². The Hall–Kier alpha value is -3.58. The summed E-state index contributed by atoms with van der Waals surface area (Å²) in [5.74, 6) is 1.35. The molecule has 0 bridgehead atoms. The first-order chi connectivity index (χ1) is 17.0. The lowest BCUT2D eigenvalue weighted by molar-refractivity contribution is 0.0772. The van der Waals surface area contributed by atoms with Crippen molar-refractivity contribution in [2.45, 2.75) is 13.5 Å². The minimum absolute atomic E-state index is 0.0243. The van der Waals surface area contributed by atoms with Gasteiger partial charge in [0.2, 0.25) is 0 Å². The number of nitrogens with zero attached hydrogens (tertiary/aromatic N) is 2. The van der Waals surface area contributed by atoms with Crippen molar-refractivity contribution in [2.24, 2.45) is 0 Å². The topological polar surface area (TPSA) is 54.3 Å². The largest absolute Gasteiger partial charge is 0.337 e. The van der Waals surface area contributed by atoms with Crippen LogP contribution in [0.25, 0.3) is 10.9 Å². The molecule has 3 aromatic carbocycles. The standard InChI is InChI=1S/C28H26FN3O2S/c1-19-16-21(28(34)31-12-14-35-15-13-31)10-11-24(19)30-27(33)26-17-20-6-3-5-9-25(20)32(26)18-22-7-2-4-8-23(22)29/h2-11,16-17H,12-15,18H2,1H3,(H,30,33). The molecule has 0 saturated carbocycles. The maximum atomic E-state index is 14.4. The smallest absolute Gasteiger partial charge is 0.272 e. The fraction of sp³-hybridized carbons (Fsp3) is 0.214. The molecule has 35 heavy (non-hydrogen) atoms. The van der Waals surface area contributed by atoms with E-state index in [-0.39, 0.29) is 24.2 Å². The predicted molar refractivity (Wildman–Crippen MR) is 140 cm³/mol. The van der Waals surface area contributed by atoms with Gasteiger partial charge in [0.25, 0.3) is 11.8 Å². The molecule has 2 heterocycles. The van der Waals surface area contributed by atoms with Crippen LogP contribution < -0.4 is 5.32 Å². The van der Waals surface area contributed by atoms with E-state index < -0.39 is 0 Å². The minimum Gasteiger partial charge on any atom is -0.337 e. The average Bonchev–Trinajstić information content (AvgIpc) is 3.25. The highest BCUT2D eigenvalue weighted by atomic mass is 32.2. The Morgan fingerprint density at radius 1 is 0.971 bits per heavy atom. The number of rotatable bonds is 5. The normalized spacial score (nSPS) is 13.7. The van der Waals surface area contributed by atoms with Crippen LogP contribution in [0.4, 0.5) is 10.1 Å². The fourth-order valence-electron chi connectivity index (χ4n) is 4.44. The first-order valence-electron chi connectivity index (χ1n) is 11.6. The molecule has 5 rings (SSSR count). The Morgan fingerprint density at radius 2 is 1.71 bits per heavy atom. The summed E-state index contributed by atoms with van der Waals surface area (Å²) in [5.41, 5.74) is 3.90. The molecule has 1 N–H and O–H groups in total. The highest BCUT2D eigenvalue weighted by molar-refractivity contribution is 7.99. The lowest BCUT2D eigenvalue weighted by Gasteiger charge is -2.26. The second kappa shape index (κ2) is 9.96. The van der Waals surface area contributed by atoms with Gasteiger partial charge in [-0.05, 0) is 48.9 Å². The number of aromatic nitrogens is 1. The SMILES string of the molecule is Cc1cc(C(=O)N2CCSCC2)ccc1NC(=O)c1cc2ccccc2n1Cc1ccccc1F. The van der Waals surface area contributed by atoms with E-state index in [0.29, 0.717) is 22.5 Å².